The van der Waals surface area contributed by atoms with Crippen molar-refractivity contribution in [2.24, 2.45) is 0 Å². The second-order valence-corrected chi connectivity index (χ2v) is 13.3. The minimum Gasteiger partial charge on any atom is -0.508 e. The van der Waals surface area contributed by atoms with Crippen LogP contribution < -0.4 is 31.3 Å². The molecule has 3 aromatic carbocycles. The average Bonchev–Trinajstić information content (AvgIpc) is 3.14. The van der Waals surface area contributed by atoms with Gasteiger partial charge in [0.25, 0.3) is 5.91 Å². The summed E-state index contributed by atoms with van der Waals surface area (Å²) in [5.41, 5.74) is 3.00. The minimum absolute atomic E-state index is 0.00868. The van der Waals surface area contributed by atoms with Crippen LogP contribution >= 0.6 is 0 Å². The summed E-state index contributed by atoms with van der Waals surface area (Å²) < 4.78 is 11.5. The van der Waals surface area contributed by atoms with E-state index in [1.807, 2.05) is 19.9 Å². The zero-order valence-corrected chi connectivity index (χ0v) is 30.7. The molecule has 6 N–H and O–H groups in total. The van der Waals surface area contributed by atoms with Crippen molar-refractivity contribution in [3.63, 3.8) is 0 Å². The monoisotopic (exact) mass is 741 g/mol. The van der Waals surface area contributed by atoms with Gasteiger partial charge in [-0.05, 0) is 74.7 Å². The first kappa shape index (κ1) is 40.6. The van der Waals surface area contributed by atoms with E-state index in [9.17, 15) is 33.9 Å². The molecule has 5 amide bonds. The maximum Gasteiger partial charge on any atom is 0.329 e. The van der Waals surface area contributed by atoms with Crippen LogP contribution in [0.2, 0.25) is 0 Å². The largest absolute Gasteiger partial charge is 0.508 e. The molecule has 14 nitrogen and oxygen atoms in total. The van der Waals surface area contributed by atoms with E-state index >= 15 is 0 Å². The van der Waals surface area contributed by atoms with Gasteiger partial charge in [0.1, 0.15) is 42.3 Å². The third-order valence-corrected chi connectivity index (χ3v) is 8.48. The van der Waals surface area contributed by atoms with Gasteiger partial charge in [-0.2, -0.15) is 0 Å². The molecule has 0 spiro atoms. The molecule has 0 aliphatic carbocycles. The third-order valence-electron chi connectivity index (χ3n) is 8.48. The average molecular weight is 742 g/mol. The van der Waals surface area contributed by atoms with Gasteiger partial charge >= 0.3 is 5.97 Å². The smallest absolute Gasteiger partial charge is 0.329 e. The number of hydrogen-bond acceptors (Lipinski definition) is 9. The molecule has 4 rings (SSSR count). The summed E-state index contributed by atoms with van der Waals surface area (Å²) in [6, 6.07) is 16.9. The number of phenols is 1. The molecule has 1 saturated heterocycles. The SMILES string of the molecule is CC(C)=CCOc1ccc(C[C@H]2NC(=O)[C@@H](C)NC(=O)[C@@H](Cc3ccc(O)cc3)NC(=O)CNC(=O)[C@@H](C)NC(=O)[C@H](Cc3ccccc3)OC2=O)cc1. The Morgan fingerprint density at radius 1 is 0.685 bits per heavy atom. The van der Waals surface area contributed by atoms with E-state index in [1.165, 1.54) is 26.0 Å². The number of aromatic hydroxyl groups is 1. The molecule has 0 bridgehead atoms. The molecule has 1 aliphatic rings. The highest BCUT2D eigenvalue weighted by atomic mass is 16.5. The van der Waals surface area contributed by atoms with Crippen LogP contribution in [0.25, 0.3) is 0 Å². The van der Waals surface area contributed by atoms with Gasteiger partial charge in [0.05, 0.1) is 6.54 Å². The number of phenolic OH excluding ortho intramolecular Hbond substituents is 1. The molecule has 3 aromatic rings. The summed E-state index contributed by atoms with van der Waals surface area (Å²) in [7, 11) is 0. The van der Waals surface area contributed by atoms with E-state index in [-0.39, 0.29) is 25.0 Å². The molecule has 1 fully saturated rings. The van der Waals surface area contributed by atoms with Crippen molar-refractivity contribution in [1.82, 2.24) is 26.6 Å². The highest BCUT2D eigenvalue weighted by molar-refractivity contribution is 5.96. The number of amides is 5. The Morgan fingerprint density at radius 2 is 1.26 bits per heavy atom. The second-order valence-electron chi connectivity index (χ2n) is 13.3. The molecule has 54 heavy (non-hydrogen) atoms. The number of nitrogens with one attached hydrogen (secondary N) is 5. The number of carbonyl (C=O) groups excluding carboxylic acids is 6. The van der Waals surface area contributed by atoms with Crippen molar-refractivity contribution in [2.75, 3.05) is 13.2 Å². The van der Waals surface area contributed by atoms with Crippen molar-refractivity contribution < 1.29 is 43.3 Å². The first-order valence-electron chi connectivity index (χ1n) is 17.6. The molecule has 0 saturated carbocycles. The number of hydrogen-bond donors (Lipinski definition) is 6. The Hall–Kier alpha value is -6.18. The van der Waals surface area contributed by atoms with Gasteiger partial charge in [-0.15, -0.1) is 0 Å². The van der Waals surface area contributed by atoms with Crippen molar-refractivity contribution in [3.8, 4) is 11.5 Å². The molecule has 0 unspecified atom stereocenters. The van der Waals surface area contributed by atoms with Crippen molar-refractivity contribution >= 4 is 35.5 Å². The van der Waals surface area contributed by atoms with E-state index in [1.54, 1.807) is 66.7 Å². The lowest BCUT2D eigenvalue weighted by Crippen LogP contribution is -2.57. The predicted molar refractivity (Wildman–Crippen MR) is 199 cm³/mol. The van der Waals surface area contributed by atoms with Crippen LogP contribution in [0.4, 0.5) is 0 Å². The van der Waals surface area contributed by atoms with Crippen molar-refractivity contribution in [1.29, 1.82) is 0 Å². The van der Waals surface area contributed by atoms with Gasteiger partial charge in [-0.3, -0.25) is 24.0 Å². The van der Waals surface area contributed by atoms with Crippen LogP contribution in [0.3, 0.4) is 0 Å². The summed E-state index contributed by atoms with van der Waals surface area (Å²) in [5, 5.41) is 22.5. The fraction of sp³-hybridized carbons (Fsp3) is 0.350. The zero-order chi connectivity index (χ0) is 39.2. The Morgan fingerprint density at radius 3 is 1.91 bits per heavy atom. The van der Waals surface area contributed by atoms with Gasteiger partial charge in [0.2, 0.25) is 23.6 Å². The van der Waals surface area contributed by atoms with Gasteiger partial charge in [0.15, 0.2) is 6.10 Å². The van der Waals surface area contributed by atoms with Crippen LogP contribution in [0.15, 0.2) is 90.5 Å². The van der Waals surface area contributed by atoms with Gasteiger partial charge in [-0.1, -0.05) is 60.2 Å². The summed E-state index contributed by atoms with van der Waals surface area (Å²) in [5.74, 6) is -3.93. The van der Waals surface area contributed by atoms with Gasteiger partial charge in [0, 0.05) is 19.3 Å². The quantitative estimate of drug-likeness (QED) is 0.140. The lowest BCUT2D eigenvalue weighted by molar-refractivity contribution is -0.159. The Balaban J connectivity index is 1.63. The summed E-state index contributed by atoms with van der Waals surface area (Å²) >= 11 is 0. The lowest BCUT2D eigenvalue weighted by Gasteiger charge is -2.26. The van der Waals surface area contributed by atoms with E-state index in [0.29, 0.717) is 29.0 Å². The number of allylic oxidation sites excluding steroid dienone is 1. The molecular formula is C40H47N5O9. The molecule has 14 heteroatoms. The topological polar surface area (TPSA) is 201 Å². The fourth-order valence-corrected chi connectivity index (χ4v) is 5.38. The fourth-order valence-electron chi connectivity index (χ4n) is 5.38. The van der Waals surface area contributed by atoms with E-state index in [0.717, 1.165) is 5.57 Å². The second kappa shape index (κ2) is 19.6. The van der Waals surface area contributed by atoms with Crippen LogP contribution in [0.5, 0.6) is 11.5 Å². The van der Waals surface area contributed by atoms with Crippen molar-refractivity contribution in [3.05, 3.63) is 107 Å². The van der Waals surface area contributed by atoms with Gasteiger partial charge < -0.3 is 41.2 Å². The molecule has 286 valence electrons. The standard InChI is InChI=1S/C40H47N5O9/c1-24(2)18-19-53-31-16-12-29(13-17-31)21-33-40(52)54-34(22-27-8-6-5-7-9-27)39(51)43-25(3)36(48)41-23-35(47)44-32(20-28-10-14-30(46)15-11-28)38(50)42-26(4)37(49)45-33/h5-18,25-26,32-34,46H,19-23H2,1-4H3,(H,41,48)(H,42,50)(H,43,51)(H,44,47)(H,45,49)/t25-,26-,32-,33-,34+/m1/s1. The number of carbonyl (C=O) groups is 6. The van der Waals surface area contributed by atoms with Crippen LogP contribution in [0, 0.1) is 0 Å². The molecular weight excluding hydrogens is 694 g/mol. The predicted octanol–water partition coefficient (Wildman–Crippen LogP) is 1.79. The number of rotatable bonds is 9. The zero-order valence-electron chi connectivity index (χ0n) is 30.7. The molecule has 1 heterocycles. The minimum atomic E-state index is -1.40. The summed E-state index contributed by atoms with van der Waals surface area (Å²) in [6.07, 6.45) is 0.429. The lowest BCUT2D eigenvalue weighted by atomic mass is 10.0. The maximum absolute atomic E-state index is 13.9. The van der Waals surface area contributed by atoms with E-state index in [4.69, 9.17) is 9.47 Å². The molecule has 0 aromatic heterocycles. The maximum atomic E-state index is 13.9. The molecule has 0 radical (unpaired) electrons. The Bertz CT molecular complexity index is 1810. The first-order chi connectivity index (χ1) is 25.8. The molecule has 5 atom stereocenters. The van der Waals surface area contributed by atoms with Gasteiger partial charge in [-0.25, -0.2) is 4.79 Å². The molecule has 1 aliphatic heterocycles. The Kier molecular flexibility index (Phi) is 14.7. The van der Waals surface area contributed by atoms with E-state index in [2.05, 4.69) is 26.6 Å². The van der Waals surface area contributed by atoms with Crippen LogP contribution in [-0.2, 0) is 52.8 Å². The number of esters is 1. The number of benzene rings is 3. The van der Waals surface area contributed by atoms with Crippen LogP contribution in [0.1, 0.15) is 44.4 Å². The summed E-state index contributed by atoms with van der Waals surface area (Å²) in [4.78, 5) is 80.6. The van der Waals surface area contributed by atoms with E-state index < -0.39 is 72.3 Å². The third kappa shape index (κ3) is 12.8. The number of cyclic esters (lactones) is 1. The van der Waals surface area contributed by atoms with Crippen LogP contribution in [-0.4, -0.2) is 84.0 Å². The van der Waals surface area contributed by atoms with Crippen molar-refractivity contribution in [2.45, 2.75) is 77.2 Å². The highest BCUT2D eigenvalue weighted by Gasteiger charge is 2.33. The highest BCUT2D eigenvalue weighted by Crippen LogP contribution is 2.16. The normalized spacial score (nSPS) is 21.8. The first-order valence-corrected chi connectivity index (χ1v) is 17.6. The Labute approximate surface area is 314 Å². The number of ether oxygens (including phenoxy) is 2. The summed E-state index contributed by atoms with van der Waals surface area (Å²) in [6.45, 7) is 6.59.